The van der Waals surface area contributed by atoms with E-state index in [9.17, 15) is 9.59 Å². The third-order valence-electron chi connectivity index (χ3n) is 1.95. The van der Waals surface area contributed by atoms with Gasteiger partial charge in [-0.2, -0.15) is 11.3 Å². The van der Waals surface area contributed by atoms with Gasteiger partial charge in [-0.3, -0.25) is 4.79 Å². The summed E-state index contributed by atoms with van der Waals surface area (Å²) in [6.45, 7) is 3.79. The second-order valence-electron chi connectivity index (χ2n) is 3.39. The Morgan fingerprint density at radius 1 is 1.57 bits per heavy atom. The molecule has 4 heteroatoms. The summed E-state index contributed by atoms with van der Waals surface area (Å²) in [5, 5.41) is 6.26. The van der Waals surface area contributed by atoms with Crippen LogP contribution in [0.25, 0.3) is 0 Å². The maximum absolute atomic E-state index is 11.5. The zero-order chi connectivity index (χ0) is 10.6. The Balaban J connectivity index is 2.60. The number of hydrogen-bond acceptors (Lipinski definition) is 3. The van der Waals surface area contributed by atoms with Crippen LogP contribution in [0.2, 0.25) is 0 Å². The Kier molecular flexibility index (Phi) is 3.83. The molecular formula is C10H13NO2S. The molecule has 1 aromatic heterocycles. The second kappa shape index (κ2) is 4.91. The van der Waals surface area contributed by atoms with Crippen LogP contribution in [0.4, 0.5) is 0 Å². The van der Waals surface area contributed by atoms with Crippen molar-refractivity contribution in [3.8, 4) is 0 Å². The van der Waals surface area contributed by atoms with Crippen LogP contribution in [0.1, 0.15) is 24.2 Å². The molecule has 1 N–H and O–H groups in total. The van der Waals surface area contributed by atoms with Crippen molar-refractivity contribution >= 4 is 23.5 Å². The van der Waals surface area contributed by atoms with Crippen LogP contribution in [-0.2, 0) is 4.79 Å². The van der Waals surface area contributed by atoms with Gasteiger partial charge < -0.3 is 10.1 Å². The van der Waals surface area contributed by atoms with Crippen molar-refractivity contribution in [1.29, 1.82) is 0 Å². The molecule has 1 amide bonds. The Morgan fingerprint density at radius 2 is 2.29 bits per heavy atom. The average Bonchev–Trinajstić information content (AvgIpc) is 2.65. The summed E-state index contributed by atoms with van der Waals surface area (Å²) >= 11 is 1.46. The Morgan fingerprint density at radius 3 is 2.71 bits per heavy atom. The van der Waals surface area contributed by atoms with Gasteiger partial charge in [-0.25, -0.2) is 0 Å². The molecule has 0 saturated carbocycles. The molecule has 3 nitrogen and oxygen atoms in total. The highest BCUT2D eigenvalue weighted by Gasteiger charge is 2.15. The minimum absolute atomic E-state index is 0.120. The van der Waals surface area contributed by atoms with Crippen molar-refractivity contribution in [3.63, 3.8) is 0 Å². The van der Waals surface area contributed by atoms with Gasteiger partial charge in [0.2, 0.25) is 0 Å². The Bertz CT molecular complexity index is 306. The number of thiophene rings is 1. The predicted octanol–water partition coefficient (Wildman–Crippen LogP) is 1.70. The lowest BCUT2D eigenvalue weighted by Crippen LogP contribution is -2.39. The van der Waals surface area contributed by atoms with Crippen LogP contribution in [-0.4, -0.2) is 18.2 Å². The normalized spacial score (nSPS) is 12.5. The maximum atomic E-state index is 11.5. The zero-order valence-corrected chi connectivity index (χ0v) is 9.01. The number of carbonyl (C=O) groups excluding carboxylic acids is 2. The molecular weight excluding hydrogens is 198 g/mol. The van der Waals surface area contributed by atoms with Crippen LogP contribution in [0.3, 0.4) is 0 Å². The van der Waals surface area contributed by atoms with Gasteiger partial charge >= 0.3 is 0 Å². The fourth-order valence-corrected chi connectivity index (χ4v) is 1.62. The fourth-order valence-electron chi connectivity index (χ4n) is 0.986. The predicted molar refractivity (Wildman–Crippen MR) is 56.5 cm³/mol. The highest BCUT2D eigenvalue weighted by Crippen LogP contribution is 2.07. The van der Waals surface area contributed by atoms with Crippen molar-refractivity contribution in [2.24, 2.45) is 5.92 Å². The average molecular weight is 211 g/mol. The first-order valence-corrected chi connectivity index (χ1v) is 5.37. The van der Waals surface area contributed by atoms with Gasteiger partial charge in [-0.15, -0.1) is 0 Å². The lowest BCUT2D eigenvalue weighted by Gasteiger charge is -2.15. The van der Waals surface area contributed by atoms with Gasteiger partial charge in [-0.05, 0) is 17.4 Å². The molecule has 0 aliphatic carbocycles. The molecule has 0 aliphatic rings. The van der Waals surface area contributed by atoms with E-state index in [0.717, 1.165) is 6.29 Å². The SMILES string of the molecule is CC(C)C(C=O)NC(=O)c1ccsc1. The highest BCUT2D eigenvalue weighted by atomic mass is 32.1. The molecule has 0 saturated heterocycles. The summed E-state index contributed by atoms with van der Waals surface area (Å²) in [5.74, 6) is -0.0628. The van der Waals surface area contributed by atoms with Crippen LogP contribution >= 0.6 is 11.3 Å². The quantitative estimate of drug-likeness (QED) is 0.770. The summed E-state index contributed by atoms with van der Waals surface area (Å²) in [6, 6.07) is 1.34. The van der Waals surface area contributed by atoms with Gasteiger partial charge in [0.05, 0.1) is 11.6 Å². The van der Waals surface area contributed by atoms with Gasteiger partial charge in [0.15, 0.2) is 0 Å². The van der Waals surface area contributed by atoms with E-state index in [-0.39, 0.29) is 11.8 Å². The van der Waals surface area contributed by atoms with Gasteiger partial charge in [-0.1, -0.05) is 13.8 Å². The third kappa shape index (κ3) is 2.67. The Hall–Kier alpha value is -1.16. The molecule has 0 bridgehead atoms. The summed E-state index contributed by atoms with van der Waals surface area (Å²) in [5.41, 5.74) is 0.613. The standard InChI is InChI=1S/C10H13NO2S/c1-7(2)9(5-12)11-10(13)8-3-4-14-6-8/h3-7,9H,1-2H3,(H,11,13). The number of rotatable bonds is 4. The monoisotopic (exact) mass is 211 g/mol. The number of aldehydes is 1. The molecule has 0 radical (unpaired) electrons. The summed E-state index contributed by atoms with van der Waals surface area (Å²) < 4.78 is 0. The number of hydrogen-bond donors (Lipinski definition) is 1. The largest absolute Gasteiger partial charge is 0.342 e. The van der Waals surface area contributed by atoms with Crippen molar-refractivity contribution < 1.29 is 9.59 Å². The number of nitrogens with one attached hydrogen (secondary N) is 1. The van der Waals surface area contributed by atoms with Gasteiger partial charge in [0.1, 0.15) is 6.29 Å². The van der Waals surface area contributed by atoms with E-state index in [1.54, 1.807) is 11.4 Å². The van der Waals surface area contributed by atoms with Crippen molar-refractivity contribution in [1.82, 2.24) is 5.32 Å². The molecule has 14 heavy (non-hydrogen) atoms. The van der Waals surface area contributed by atoms with Crippen LogP contribution in [0.5, 0.6) is 0 Å². The van der Waals surface area contributed by atoms with E-state index >= 15 is 0 Å². The smallest absolute Gasteiger partial charge is 0.252 e. The van der Waals surface area contributed by atoms with Crippen LogP contribution < -0.4 is 5.32 Å². The molecule has 0 aromatic carbocycles. The molecule has 0 spiro atoms. The molecule has 76 valence electrons. The van der Waals surface area contributed by atoms with Crippen LogP contribution in [0.15, 0.2) is 16.8 Å². The van der Waals surface area contributed by atoms with E-state index in [0.29, 0.717) is 5.56 Å². The lowest BCUT2D eigenvalue weighted by atomic mass is 10.1. The Labute approximate surface area is 87.1 Å². The van der Waals surface area contributed by atoms with Crippen molar-refractivity contribution in [3.05, 3.63) is 22.4 Å². The summed E-state index contributed by atoms with van der Waals surface area (Å²) in [7, 11) is 0. The molecule has 0 fully saturated rings. The molecule has 1 unspecified atom stereocenters. The van der Waals surface area contributed by atoms with Crippen molar-refractivity contribution in [2.45, 2.75) is 19.9 Å². The minimum Gasteiger partial charge on any atom is -0.342 e. The van der Waals surface area contributed by atoms with E-state index in [1.807, 2.05) is 19.2 Å². The first-order chi connectivity index (χ1) is 6.65. The molecule has 1 rings (SSSR count). The van der Waals surface area contributed by atoms with Crippen molar-refractivity contribution in [2.75, 3.05) is 0 Å². The lowest BCUT2D eigenvalue weighted by molar-refractivity contribution is -0.110. The van der Waals surface area contributed by atoms with E-state index in [4.69, 9.17) is 0 Å². The van der Waals surface area contributed by atoms with E-state index in [1.165, 1.54) is 11.3 Å². The highest BCUT2D eigenvalue weighted by molar-refractivity contribution is 7.08. The first kappa shape index (κ1) is 10.9. The van der Waals surface area contributed by atoms with Gasteiger partial charge in [0, 0.05) is 5.38 Å². The molecule has 1 atom stereocenters. The number of carbonyl (C=O) groups is 2. The number of amides is 1. The molecule has 0 aliphatic heterocycles. The second-order valence-corrected chi connectivity index (χ2v) is 4.17. The van der Waals surface area contributed by atoms with E-state index < -0.39 is 6.04 Å². The molecule has 1 aromatic rings. The summed E-state index contributed by atoms with van der Waals surface area (Å²) in [6.07, 6.45) is 0.773. The van der Waals surface area contributed by atoms with Gasteiger partial charge in [0.25, 0.3) is 5.91 Å². The maximum Gasteiger partial charge on any atom is 0.252 e. The van der Waals surface area contributed by atoms with E-state index in [2.05, 4.69) is 5.32 Å². The summed E-state index contributed by atoms with van der Waals surface area (Å²) in [4.78, 5) is 22.2. The minimum atomic E-state index is -0.401. The third-order valence-corrected chi connectivity index (χ3v) is 2.63. The fraction of sp³-hybridized carbons (Fsp3) is 0.400. The topological polar surface area (TPSA) is 46.2 Å². The molecule has 1 heterocycles. The zero-order valence-electron chi connectivity index (χ0n) is 8.19. The first-order valence-electron chi connectivity index (χ1n) is 4.43. The van der Waals surface area contributed by atoms with Crippen LogP contribution in [0, 0.1) is 5.92 Å².